The normalized spacial score (nSPS) is 16.4. The Balaban J connectivity index is 1.59. The average Bonchev–Trinajstić information content (AvgIpc) is 3.10. The molecular weight excluding hydrogens is 412 g/mol. The van der Waals surface area contributed by atoms with Crippen LogP contribution in [0.5, 0.6) is 0 Å². The molecule has 0 radical (unpaired) electrons. The predicted molar refractivity (Wildman–Crippen MR) is 103 cm³/mol. The van der Waals surface area contributed by atoms with Crippen LogP contribution < -0.4 is 5.32 Å². The summed E-state index contributed by atoms with van der Waals surface area (Å²) in [6.45, 7) is 2.48. The first-order valence-corrected chi connectivity index (χ1v) is 9.43. The summed E-state index contributed by atoms with van der Waals surface area (Å²) < 4.78 is 0.914. The summed E-state index contributed by atoms with van der Waals surface area (Å²) in [5, 5.41) is 23.0. The summed E-state index contributed by atoms with van der Waals surface area (Å²) >= 11 is 3.34. The zero-order valence-corrected chi connectivity index (χ0v) is 16.4. The van der Waals surface area contributed by atoms with Gasteiger partial charge in [-0.25, -0.2) is 0 Å². The molecule has 0 bridgehead atoms. The van der Waals surface area contributed by atoms with Crippen molar-refractivity contribution in [3.63, 3.8) is 0 Å². The second-order valence-corrected chi connectivity index (χ2v) is 7.55. The fourth-order valence-corrected chi connectivity index (χ4v) is 3.35. The van der Waals surface area contributed by atoms with Crippen molar-refractivity contribution in [2.75, 3.05) is 0 Å². The van der Waals surface area contributed by atoms with Gasteiger partial charge in [-0.1, -0.05) is 52.3 Å². The van der Waals surface area contributed by atoms with Crippen LogP contribution in [0.15, 0.2) is 53.0 Å². The van der Waals surface area contributed by atoms with Gasteiger partial charge >= 0.3 is 0 Å². The van der Waals surface area contributed by atoms with Gasteiger partial charge in [0, 0.05) is 17.6 Å². The first-order valence-electron chi connectivity index (χ1n) is 8.64. The maximum atomic E-state index is 12.5. The lowest BCUT2D eigenvalue weighted by Gasteiger charge is -2.24. The van der Waals surface area contributed by atoms with Gasteiger partial charge in [0.05, 0.1) is 6.04 Å². The summed E-state index contributed by atoms with van der Waals surface area (Å²) in [5.41, 5.74) is 2.84. The van der Waals surface area contributed by atoms with E-state index in [1.807, 2.05) is 48.5 Å². The van der Waals surface area contributed by atoms with Crippen LogP contribution in [0, 0.1) is 0 Å². The highest BCUT2D eigenvalue weighted by atomic mass is 79.9. The number of halogens is 1. The molecule has 3 N–H and O–H groups in total. The number of rotatable bonds is 5. The number of hydrogen-bond donors (Lipinski definition) is 3. The van der Waals surface area contributed by atoms with Gasteiger partial charge in [0.1, 0.15) is 0 Å². The number of amides is 2. The molecule has 1 heterocycles. The van der Waals surface area contributed by atoms with Crippen LogP contribution >= 0.6 is 15.9 Å². The Labute approximate surface area is 165 Å². The molecule has 0 saturated heterocycles. The number of aliphatic hydroxyl groups excluding tert-OH is 2. The highest BCUT2D eigenvalue weighted by Gasteiger charge is 2.35. The van der Waals surface area contributed by atoms with Crippen molar-refractivity contribution in [1.29, 1.82) is 0 Å². The minimum Gasteiger partial charge on any atom is -0.380 e. The fourth-order valence-electron chi connectivity index (χ4n) is 3.09. The molecule has 0 aromatic heterocycles. The SMILES string of the molecule is C[C@H](NC(=O)[C@H](O)[C@@H](O)C(=O)N1Cc2ccccc2C1)c1ccc(Br)cc1. The number of aliphatic hydroxyl groups is 2. The van der Waals surface area contributed by atoms with E-state index in [2.05, 4.69) is 21.2 Å². The van der Waals surface area contributed by atoms with Crippen LogP contribution in [0.2, 0.25) is 0 Å². The monoisotopic (exact) mass is 432 g/mol. The van der Waals surface area contributed by atoms with Crippen LogP contribution in [0.3, 0.4) is 0 Å². The lowest BCUT2D eigenvalue weighted by Crippen LogP contribution is -2.50. The van der Waals surface area contributed by atoms with Crippen molar-refractivity contribution in [1.82, 2.24) is 10.2 Å². The second kappa shape index (κ2) is 8.21. The van der Waals surface area contributed by atoms with E-state index in [0.29, 0.717) is 13.1 Å². The Bertz CT molecular complexity index is 815. The number of carbonyl (C=O) groups is 2. The number of carbonyl (C=O) groups excluding carboxylic acids is 2. The summed E-state index contributed by atoms with van der Waals surface area (Å²) in [5.74, 6) is -1.45. The Hall–Kier alpha value is -2.22. The molecular formula is C20H21BrN2O4. The molecule has 142 valence electrons. The van der Waals surface area contributed by atoms with Gasteiger partial charge in [-0.15, -0.1) is 0 Å². The third kappa shape index (κ3) is 4.37. The fraction of sp³-hybridized carbons (Fsp3) is 0.300. The first kappa shape index (κ1) is 19.5. The molecule has 0 aliphatic carbocycles. The third-order valence-corrected chi connectivity index (χ3v) is 5.23. The zero-order chi connectivity index (χ0) is 19.6. The van der Waals surface area contributed by atoms with Crippen LogP contribution in [0.25, 0.3) is 0 Å². The number of hydrogen-bond acceptors (Lipinski definition) is 4. The van der Waals surface area contributed by atoms with E-state index in [4.69, 9.17) is 0 Å². The largest absolute Gasteiger partial charge is 0.380 e. The van der Waals surface area contributed by atoms with Crippen molar-refractivity contribution in [2.24, 2.45) is 0 Å². The lowest BCUT2D eigenvalue weighted by molar-refractivity contribution is -0.153. The van der Waals surface area contributed by atoms with Crippen LogP contribution in [0.4, 0.5) is 0 Å². The molecule has 0 saturated carbocycles. The molecule has 2 aromatic carbocycles. The van der Waals surface area contributed by atoms with E-state index >= 15 is 0 Å². The Morgan fingerprint density at radius 3 is 2.11 bits per heavy atom. The molecule has 2 aromatic rings. The van der Waals surface area contributed by atoms with Gasteiger partial charge in [-0.05, 0) is 35.7 Å². The number of fused-ring (bicyclic) bond motifs is 1. The van der Waals surface area contributed by atoms with Gasteiger partial charge in [-0.2, -0.15) is 0 Å². The highest BCUT2D eigenvalue weighted by molar-refractivity contribution is 9.10. The van der Waals surface area contributed by atoms with Crippen molar-refractivity contribution in [2.45, 2.75) is 38.3 Å². The van der Waals surface area contributed by atoms with Gasteiger partial charge in [-0.3, -0.25) is 9.59 Å². The molecule has 6 nitrogen and oxygen atoms in total. The van der Waals surface area contributed by atoms with Gasteiger partial charge in [0.15, 0.2) is 12.2 Å². The smallest absolute Gasteiger partial charge is 0.255 e. The van der Waals surface area contributed by atoms with Crippen molar-refractivity contribution in [3.8, 4) is 0 Å². The molecule has 27 heavy (non-hydrogen) atoms. The van der Waals surface area contributed by atoms with E-state index in [9.17, 15) is 19.8 Å². The maximum absolute atomic E-state index is 12.5. The van der Waals surface area contributed by atoms with E-state index in [0.717, 1.165) is 21.2 Å². The topological polar surface area (TPSA) is 89.9 Å². The number of benzene rings is 2. The molecule has 3 rings (SSSR count). The minimum absolute atomic E-state index is 0.357. The molecule has 3 atom stereocenters. The van der Waals surface area contributed by atoms with E-state index in [1.165, 1.54) is 4.90 Å². The Morgan fingerprint density at radius 1 is 1.00 bits per heavy atom. The molecule has 0 fully saturated rings. The zero-order valence-electron chi connectivity index (χ0n) is 14.8. The summed E-state index contributed by atoms with van der Waals surface area (Å²) in [4.78, 5) is 26.2. The number of nitrogens with one attached hydrogen (secondary N) is 1. The predicted octanol–water partition coefficient (Wildman–Crippen LogP) is 1.89. The van der Waals surface area contributed by atoms with Crippen LogP contribution in [-0.4, -0.2) is 39.1 Å². The minimum atomic E-state index is -1.83. The van der Waals surface area contributed by atoms with Gasteiger partial charge < -0.3 is 20.4 Å². The highest BCUT2D eigenvalue weighted by Crippen LogP contribution is 2.23. The molecule has 0 unspecified atom stereocenters. The average molecular weight is 433 g/mol. The second-order valence-electron chi connectivity index (χ2n) is 6.63. The Morgan fingerprint density at radius 2 is 1.56 bits per heavy atom. The third-order valence-electron chi connectivity index (χ3n) is 4.70. The van der Waals surface area contributed by atoms with Gasteiger partial charge in [0.25, 0.3) is 11.8 Å². The summed E-state index contributed by atoms with van der Waals surface area (Å²) in [6.07, 6.45) is -3.64. The summed E-state index contributed by atoms with van der Waals surface area (Å²) in [6, 6.07) is 14.6. The van der Waals surface area contributed by atoms with E-state index in [-0.39, 0.29) is 6.04 Å². The van der Waals surface area contributed by atoms with Crippen LogP contribution in [0.1, 0.15) is 29.7 Å². The molecule has 7 heteroatoms. The van der Waals surface area contributed by atoms with E-state index in [1.54, 1.807) is 6.92 Å². The van der Waals surface area contributed by atoms with Crippen LogP contribution in [-0.2, 0) is 22.7 Å². The van der Waals surface area contributed by atoms with E-state index < -0.39 is 24.0 Å². The lowest BCUT2D eigenvalue weighted by atomic mass is 10.1. The Kier molecular flexibility index (Phi) is 5.94. The van der Waals surface area contributed by atoms with Gasteiger partial charge in [0.2, 0.25) is 0 Å². The maximum Gasteiger partial charge on any atom is 0.255 e. The standard InChI is InChI=1S/C20H21BrN2O4/c1-12(13-6-8-16(21)9-7-13)22-19(26)17(24)18(25)20(27)23-10-14-4-2-3-5-15(14)11-23/h2-9,12,17-18,24-25H,10-11H2,1H3,(H,22,26)/t12-,17+,18+/m0/s1. The molecule has 2 amide bonds. The first-order chi connectivity index (χ1) is 12.9. The number of nitrogens with zero attached hydrogens (tertiary/aromatic N) is 1. The van der Waals surface area contributed by atoms with Crippen molar-refractivity contribution >= 4 is 27.7 Å². The summed E-state index contributed by atoms with van der Waals surface area (Å²) in [7, 11) is 0. The quantitative estimate of drug-likeness (QED) is 0.672. The van der Waals surface area contributed by atoms with Crippen molar-refractivity contribution < 1.29 is 19.8 Å². The molecule has 1 aliphatic heterocycles. The van der Waals surface area contributed by atoms with Crippen molar-refractivity contribution in [3.05, 3.63) is 69.7 Å². The molecule has 1 aliphatic rings. The molecule has 0 spiro atoms.